The molecule has 1 amide bonds. The minimum atomic E-state index is -0.216. The summed E-state index contributed by atoms with van der Waals surface area (Å²) in [4.78, 5) is 20.6. The number of quaternary nitrogens is 1. The van der Waals surface area contributed by atoms with Gasteiger partial charge in [0, 0.05) is 49.2 Å². The molecule has 3 aliphatic heterocycles. The molecule has 1 aromatic heterocycles. The number of amides is 1. The fraction of sp³-hybridized carbons (Fsp3) is 0.227. The number of thiophene rings is 1. The van der Waals surface area contributed by atoms with Gasteiger partial charge < -0.3 is 15.5 Å². The standard InChI is InChI=1S/C22H21N6OS/c23-15-28-14-19(22(29)27-10-8-24-9-11-27)26-20(28)7-6-16-3-1-5-18(21(16)28)25-13-17-4-2-12-30-17/h1-7,12,14,24-25H,8-11,13H2/q+1. The van der Waals surface area contributed by atoms with E-state index in [2.05, 4.69) is 27.9 Å². The van der Waals surface area contributed by atoms with Crippen LogP contribution in [-0.4, -0.2) is 42.8 Å². The maximum atomic E-state index is 13.0. The molecule has 0 saturated carbocycles. The monoisotopic (exact) mass is 417 g/mol. The number of nitriles is 1. The molecule has 150 valence electrons. The van der Waals surface area contributed by atoms with Crippen LogP contribution in [0.5, 0.6) is 0 Å². The molecule has 0 spiro atoms. The molecule has 1 fully saturated rings. The minimum Gasteiger partial charge on any atom is -0.375 e. The third-order valence-electron chi connectivity index (χ3n) is 5.56. The van der Waals surface area contributed by atoms with E-state index in [1.807, 2.05) is 41.8 Å². The number of nitrogens with zero attached hydrogens (tertiary/aromatic N) is 4. The Morgan fingerprint density at radius 2 is 2.13 bits per heavy atom. The Morgan fingerprint density at radius 3 is 2.90 bits per heavy atom. The summed E-state index contributed by atoms with van der Waals surface area (Å²) in [7, 11) is 0. The molecule has 3 aliphatic rings. The van der Waals surface area contributed by atoms with Crippen molar-refractivity contribution in [2.45, 2.75) is 6.54 Å². The van der Waals surface area contributed by atoms with Crippen molar-refractivity contribution in [1.82, 2.24) is 14.7 Å². The molecule has 5 rings (SSSR count). The van der Waals surface area contributed by atoms with Crippen molar-refractivity contribution in [3.8, 4) is 6.19 Å². The molecule has 7 nitrogen and oxygen atoms in total. The fourth-order valence-corrected chi connectivity index (χ4v) is 4.71. The molecule has 0 radical (unpaired) electrons. The summed E-state index contributed by atoms with van der Waals surface area (Å²) in [6, 6.07) is 10.0. The second kappa shape index (κ2) is 7.54. The quantitative estimate of drug-likeness (QED) is 0.592. The molecule has 4 heterocycles. The van der Waals surface area contributed by atoms with Gasteiger partial charge in [0.15, 0.2) is 17.6 Å². The zero-order valence-corrected chi connectivity index (χ0v) is 17.2. The van der Waals surface area contributed by atoms with Crippen molar-refractivity contribution < 1.29 is 4.79 Å². The Hall–Kier alpha value is -3.25. The van der Waals surface area contributed by atoms with Gasteiger partial charge in [-0.15, -0.1) is 21.1 Å². The van der Waals surface area contributed by atoms with Crippen LogP contribution in [0.25, 0.3) is 6.08 Å². The highest BCUT2D eigenvalue weighted by Gasteiger charge is 2.47. The first-order valence-corrected chi connectivity index (χ1v) is 10.8. The van der Waals surface area contributed by atoms with Crippen LogP contribution in [-0.2, 0) is 11.3 Å². The number of anilines is 1. The van der Waals surface area contributed by atoms with Crippen molar-refractivity contribution in [2.75, 3.05) is 31.5 Å². The van der Waals surface area contributed by atoms with Crippen LogP contribution >= 0.6 is 11.3 Å². The summed E-state index contributed by atoms with van der Waals surface area (Å²) in [5.74, 6) is 0.430. The highest BCUT2D eigenvalue weighted by molar-refractivity contribution is 7.09. The third-order valence-corrected chi connectivity index (χ3v) is 6.43. The first kappa shape index (κ1) is 18.8. The summed E-state index contributed by atoms with van der Waals surface area (Å²) >= 11 is 1.69. The zero-order valence-electron chi connectivity index (χ0n) is 16.3. The Kier molecular flexibility index (Phi) is 4.71. The van der Waals surface area contributed by atoms with Gasteiger partial charge in [-0.2, -0.15) is 4.99 Å². The number of hydrogen-bond acceptors (Lipinski definition) is 6. The number of piperazine rings is 1. The summed E-state index contributed by atoms with van der Waals surface area (Å²) in [6.07, 6.45) is 7.91. The molecule has 0 aliphatic carbocycles. The van der Waals surface area contributed by atoms with Crippen LogP contribution in [0.3, 0.4) is 0 Å². The maximum Gasteiger partial charge on any atom is 0.326 e. The summed E-state index contributed by atoms with van der Waals surface area (Å²) in [6.45, 7) is 3.51. The lowest BCUT2D eigenvalue weighted by Gasteiger charge is -2.28. The number of carbonyl (C=O) groups is 1. The Bertz CT molecular complexity index is 1120. The van der Waals surface area contributed by atoms with Gasteiger partial charge in [0.1, 0.15) is 0 Å². The number of para-hydroxylation sites is 1. The van der Waals surface area contributed by atoms with Crippen LogP contribution in [0.4, 0.5) is 11.4 Å². The van der Waals surface area contributed by atoms with Gasteiger partial charge in [-0.05, 0) is 29.7 Å². The molecule has 1 atom stereocenters. The lowest BCUT2D eigenvalue weighted by molar-refractivity contribution is -0.127. The topological polar surface area (TPSA) is 80.5 Å². The third kappa shape index (κ3) is 3.04. The van der Waals surface area contributed by atoms with Gasteiger partial charge in [0.05, 0.1) is 5.69 Å². The van der Waals surface area contributed by atoms with Crippen LogP contribution in [0.15, 0.2) is 58.7 Å². The minimum absolute atomic E-state index is 0.120. The molecule has 30 heavy (non-hydrogen) atoms. The maximum absolute atomic E-state index is 13.0. The van der Waals surface area contributed by atoms with Crippen LogP contribution < -0.4 is 15.1 Å². The van der Waals surface area contributed by atoms with Gasteiger partial charge in [-0.1, -0.05) is 12.1 Å². The lowest BCUT2D eigenvalue weighted by Crippen LogP contribution is -2.47. The van der Waals surface area contributed by atoms with Gasteiger partial charge in [-0.3, -0.25) is 4.79 Å². The van der Waals surface area contributed by atoms with Crippen molar-refractivity contribution >= 4 is 40.5 Å². The Labute approximate surface area is 178 Å². The summed E-state index contributed by atoms with van der Waals surface area (Å²) in [5, 5.41) is 19.1. The lowest BCUT2D eigenvalue weighted by atomic mass is 10.0. The second-order valence-electron chi connectivity index (χ2n) is 7.36. The number of aliphatic imine (C=N–C) groups is 1. The van der Waals surface area contributed by atoms with E-state index in [0.29, 0.717) is 31.2 Å². The van der Waals surface area contributed by atoms with Crippen LogP contribution in [0.1, 0.15) is 10.4 Å². The average molecular weight is 418 g/mol. The molecule has 1 unspecified atom stereocenters. The number of rotatable bonds is 4. The number of carbonyl (C=O) groups excluding carboxylic acids is 1. The van der Waals surface area contributed by atoms with E-state index in [1.165, 1.54) is 4.88 Å². The molecule has 0 bridgehead atoms. The zero-order chi connectivity index (χ0) is 20.6. The van der Waals surface area contributed by atoms with Crippen molar-refractivity contribution in [2.24, 2.45) is 4.99 Å². The molecular weight excluding hydrogens is 396 g/mol. The Morgan fingerprint density at radius 1 is 1.27 bits per heavy atom. The van der Waals surface area contributed by atoms with E-state index in [-0.39, 0.29) is 10.4 Å². The average Bonchev–Trinajstić information content (AvgIpc) is 3.45. The van der Waals surface area contributed by atoms with Gasteiger partial charge in [-0.25, -0.2) is 0 Å². The van der Waals surface area contributed by atoms with Crippen LogP contribution in [0, 0.1) is 11.5 Å². The highest BCUT2D eigenvalue weighted by atomic mass is 32.1. The van der Waals surface area contributed by atoms with E-state index in [9.17, 15) is 10.1 Å². The number of nitrogens with one attached hydrogen (secondary N) is 2. The summed E-state index contributed by atoms with van der Waals surface area (Å²) < 4.78 is -0.216. The predicted octanol–water partition coefficient (Wildman–Crippen LogP) is 2.86. The SMILES string of the molecule is N#C[N+]12C=C(C(=O)N3CCNCC3)N=C1C=Cc1cccc(NCc3cccs3)c12. The van der Waals surface area contributed by atoms with Gasteiger partial charge in [0.2, 0.25) is 0 Å². The largest absolute Gasteiger partial charge is 0.375 e. The normalized spacial score (nSPS) is 21.9. The number of fused-ring (bicyclic) bond motifs is 3. The van der Waals surface area contributed by atoms with Gasteiger partial charge >= 0.3 is 6.19 Å². The molecule has 8 heteroatoms. The summed E-state index contributed by atoms with van der Waals surface area (Å²) in [5.41, 5.74) is 2.95. The molecule has 2 N–H and O–H groups in total. The van der Waals surface area contributed by atoms with E-state index in [0.717, 1.165) is 30.0 Å². The number of hydrogen-bond donors (Lipinski definition) is 2. The molecule has 1 saturated heterocycles. The Balaban J connectivity index is 1.53. The van der Waals surface area contributed by atoms with E-state index < -0.39 is 0 Å². The molecular formula is C22H21N6OS+. The number of amidine groups is 1. The van der Waals surface area contributed by atoms with E-state index in [1.54, 1.807) is 22.4 Å². The molecule has 2 aromatic rings. The number of benzene rings is 1. The van der Waals surface area contributed by atoms with Crippen molar-refractivity contribution in [3.05, 3.63) is 64.1 Å². The van der Waals surface area contributed by atoms with Crippen LogP contribution in [0.2, 0.25) is 0 Å². The predicted molar refractivity (Wildman–Crippen MR) is 119 cm³/mol. The van der Waals surface area contributed by atoms with Gasteiger partial charge in [0.25, 0.3) is 11.7 Å². The van der Waals surface area contributed by atoms with E-state index >= 15 is 0 Å². The highest BCUT2D eigenvalue weighted by Crippen LogP contribution is 2.43. The first-order valence-electron chi connectivity index (χ1n) is 9.91. The van der Waals surface area contributed by atoms with Crippen molar-refractivity contribution in [3.63, 3.8) is 0 Å². The van der Waals surface area contributed by atoms with E-state index in [4.69, 9.17) is 0 Å². The molecule has 1 aromatic carbocycles. The smallest absolute Gasteiger partial charge is 0.326 e. The first-order chi connectivity index (χ1) is 14.7. The van der Waals surface area contributed by atoms with Crippen molar-refractivity contribution in [1.29, 1.82) is 5.26 Å². The fourth-order valence-electron chi connectivity index (χ4n) is 4.07. The second-order valence-corrected chi connectivity index (χ2v) is 8.39.